The number of nitrogens with zero attached hydrogens (tertiary/aromatic N) is 1. The van der Waals surface area contributed by atoms with Crippen molar-refractivity contribution in [3.8, 4) is 28.5 Å². The molecular weight excluding hydrogens is 346 g/mol. The fourth-order valence-electron chi connectivity index (χ4n) is 2.25. The normalized spacial score (nSPS) is 11.6. The van der Waals surface area contributed by atoms with E-state index in [9.17, 15) is 4.79 Å². The molecule has 0 aliphatic heterocycles. The van der Waals surface area contributed by atoms with Crippen LogP contribution >= 0.6 is 11.3 Å². The van der Waals surface area contributed by atoms with E-state index in [0.29, 0.717) is 24.1 Å². The summed E-state index contributed by atoms with van der Waals surface area (Å²) in [4.78, 5) is 16.2. The Morgan fingerprint density at radius 2 is 2.00 bits per heavy atom. The van der Waals surface area contributed by atoms with Gasteiger partial charge in [-0.05, 0) is 31.9 Å². The van der Waals surface area contributed by atoms with Gasteiger partial charge in [0.2, 0.25) is 0 Å². The summed E-state index contributed by atoms with van der Waals surface area (Å²) in [7, 11) is 0. The Labute approximate surface area is 159 Å². The van der Waals surface area contributed by atoms with E-state index in [-0.39, 0.29) is 11.7 Å². The Kier molecular flexibility index (Phi) is 7.23. The number of thiazole rings is 1. The maximum absolute atomic E-state index is 11.1. The lowest BCUT2D eigenvalue weighted by Gasteiger charge is -2.13. The Hall–Kier alpha value is -2.32. The third kappa shape index (κ3) is 6.20. The first kappa shape index (κ1) is 20.0. The maximum atomic E-state index is 11.1. The summed E-state index contributed by atoms with van der Waals surface area (Å²) in [6, 6.07) is 5.76. The van der Waals surface area contributed by atoms with Crippen LogP contribution in [0, 0.1) is 30.6 Å². The zero-order valence-electron chi connectivity index (χ0n) is 16.0. The molecule has 1 heterocycles. The molecule has 0 aliphatic carbocycles. The first-order valence-corrected chi connectivity index (χ1v) is 9.54. The lowest BCUT2D eigenvalue weighted by Crippen LogP contribution is -2.05. The Bertz CT molecular complexity index is 814. The molecule has 0 aliphatic rings. The first-order chi connectivity index (χ1) is 12.3. The van der Waals surface area contributed by atoms with Gasteiger partial charge in [0.25, 0.3) is 5.19 Å². The molecule has 1 aromatic carbocycles. The predicted octanol–water partition coefficient (Wildman–Crippen LogP) is 5.25. The molecule has 0 spiro atoms. The van der Waals surface area contributed by atoms with Crippen molar-refractivity contribution in [2.24, 2.45) is 11.8 Å². The van der Waals surface area contributed by atoms with Crippen LogP contribution in [0.15, 0.2) is 24.4 Å². The van der Waals surface area contributed by atoms with Crippen LogP contribution < -0.4 is 9.47 Å². The van der Waals surface area contributed by atoms with E-state index in [1.807, 2.05) is 32.0 Å². The molecule has 138 valence electrons. The van der Waals surface area contributed by atoms with E-state index >= 15 is 0 Å². The van der Waals surface area contributed by atoms with Crippen LogP contribution in [0.2, 0.25) is 0 Å². The topological polar surface area (TPSA) is 48.4 Å². The van der Waals surface area contributed by atoms with E-state index in [0.717, 1.165) is 21.9 Å². The third-order valence-electron chi connectivity index (χ3n) is 3.52. The van der Waals surface area contributed by atoms with Gasteiger partial charge < -0.3 is 9.47 Å². The van der Waals surface area contributed by atoms with Gasteiger partial charge in [0.1, 0.15) is 22.2 Å². The van der Waals surface area contributed by atoms with Crippen LogP contribution in [-0.2, 0) is 4.79 Å². The van der Waals surface area contributed by atoms with Gasteiger partial charge in [-0.3, -0.25) is 4.79 Å². The molecule has 0 saturated carbocycles. The van der Waals surface area contributed by atoms with Gasteiger partial charge in [-0.1, -0.05) is 50.0 Å². The number of hydrogen-bond acceptors (Lipinski definition) is 5. The van der Waals surface area contributed by atoms with Crippen molar-refractivity contribution < 1.29 is 14.3 Å². The summed E-state index contributed by atoms with van der Waals surface area (Å²) < 4.78 is 11.7. The minimum atomic E-state index is 0.0380. The maximum Gasteiger partial charge on any atom is 0.279 e. The molecule has 0 radical (unpaired) electrons. The van der Waals surface area contributed by atoms with Crippen LogP contribution in [0.4, 0.5) is 0 Å². The van der Waals surface area contributed by atoms with Crippen molar-refractivity contribution in [2.75, 3.05) is 6.61 Å². The Morgan fingerprint density at radius 3 is 2.69 bits per heavy atom. The highest BCUT2D eigenvalue weighted by atomic mass is 32.1. The van der Waals surface area contributed by atoms with Crippen LogP contribution in [0.3, 0.4) is 0 Å². The monoisotopic (exact) mass is 371 g/mol. The standard InChI is InChI=1S/C21H25NO3S/c1-14(2)13-24-19-7-6-8-20(17(19)5)25-21-22-12-18(26-21)10-9-15(3)11-16(4)23/h6-8,12,14-15H,11,13H2,1-5H3. The molecular formula is C21H25NO3S. The first-order valence-electron chi connectivity index (χ1n) is 8.72. The van der Waals surface area contributed by atoms with Gasteiger partial charge in [0.15, 0.2) is 0 Å². The second-order valence-corrected chi connectivity index (χ2v) is 7.75. The van der Waals surface area contributed by atoms with Gasteiger partial charge in [0.05, 0.1) is 12.8 Å². The van der Waals surface area contributed by atoms with Crippen molar-refractivity contribution in [3.63, 3.8) is 0 Å². The summed E-state index contributed by atoms with van der Waals surface area (Å²) >= 11 is 1.39. The van der Waals surface area contributed by atoms with E-state index in [1.54, 1.807) is 13.1 Å². The van der Waals surface area contributed by atoms with Crippen LogP contribution in [0.25, 0.3) is 0 Å². The summed E-state index contributed by atoms with van der Waals surface area (Å²) in [6.45, 7) is 10.4. The highest BCUT2D eigenvalue weighted by molar-refractivity contribution is 7.13. The molecule has 1 aromatic heterocycles. The number of hydrogen-bond donors (Lipinski definition) is 0. The van der Waals surface area contributed by atoms with Crippen molar-refractivity contribution >= 4 is 17.1 Å². The van der Waals surface area contributed by atoms with Gasteiger partial charge in [-0.2, -0.15) is 0 Å². The zero-order chi connectivity index (χ0) is 19.1. The number of ketones is 1. The van der Waals surface area contributed by atoms with Gasteiger partial charge in [-0.15, -0.1) is 0 Å². The Morgan fingerprint density at radius 1 is 1.27 bits per heavy atom. The molecule has 0 amide bonds. The molecule has 0 fully saturated rings. The van der Waals surface area contributed by atoms with Crippen LogP contribution in [0.1, 0.15) is 44.6 Å². The van der Waals surface area contributed by atoms with Gasteiger partial charge in [0, 0.05) is 17.9 Å². The fourth-order valence-corrected chi connectivity index (χ4v) is 2.89. The number of benzene rings is 1. The summed E-state index contributed by atoms with van der Waals surface area (Å²) in [5.74, 6) is 8.34. The quantitative estimate of drug-likeness (QED) is 0.624. The molecule has 2 rings (SSSR count). The highest BCUT2D eigenvalue weighted by Crippen LogP contribution is 2.33. The molecule has 0 bridgehead atoms. The summed E-state index contributed by atoms with van der Waals surface area (Å²) in [5.41, 5.74) is 0.950. The average molecular weight is 372 g/mol. The van der Waals surface area contributed by atoms with E-state index in [4.69, 9.17) is 9.47 Å². The van der Waals surface area contributed by atoms with E-state index in [1.165, 1.54) is 11.3 Å². The van der Waals surface area contributed by atoms with Crippen molar-refractivity contribution in [3.05, 3.63) is 34.8 Å². The second-order valence-electron chi connectivity index (χ2n) is 6.75. The zero-order valence-corrected chi connectivity index (χ0v) is 16.8. The lowest BCUT2D eigenvalue weighted by atomic mass is 10.1. The molecule has 26 heavy (non-hydrogen) atoms. The predicted molar refractivity (Wildman–Crippen MR) is 105 cm³/mol. The Balaban J connectivity index is 2.06. The van der Waals surface area contributed by atoms with Crippen LogP contribution in [-0.4, -0.2) is 17.4 Å². The largest absolute Gasteiger partial charge is 0.493 e. The summed E-state index contributed by atoms with van der Waals surface area (Å²) in [6.07, 6.45) is 2.17. The molecule has 2 aromatic rings. The third-order valence-corrected chi connectivity index (χ3v) is 4.31. The molecule has 4 nitrogen and oxygen atoms in total. The molecule has 1 atom stereocenters. The number of aromatic nitrogens is 1. The van der Waals surface area contributed by atoms with Gasteiger partial charge in [-0.25, -0.2) is 4.98 Å². The van der Waals surface area contributed by atoms with E-state index < -0.39 is 0 Å². The minimum Gasteiger partial charge on any atom is -0.493 e. The number of Topliss-reactive ketones (excluding diaryl/α,β-unsaturated/α-hetero) is 1. The summed E-state index contributed by atoms with van der Waals surface area (Å²) in [5, 5.41) is 0.539. The van der Waals surface area contributed by atoms with Gasteiger partial charge >= 0.3 is 0 Å². The molecule has 1 unspecified atom stereocenters. The van der Waals surface area contributed by atoms with Crippen molar-refractivity contribution in [2.45, 2.75) is 41.0 Å². The lowest BCUT2D eigenvalue weighted by molar-refractivity contribution is -0.117. The fraction of sp³-hybridized carbons (Fsp3) is 0.429. The van der Waals surface area contributed by atoms with Crippen molar-refractivity contribution in [1.29, 1.82) is 0 Å². The molecule has 0 saturated heterocycles. The SMILES string of the molecule is CC(=O)CC(C)C#Cc1cnc(Oc2cccc(OCC(C)C)c2C)s1. The van der Waals surface area contributed by atoms with E-state index in [2.05, 4.69) is 30.7 Å². The number of ether oxygens (including phenoxy) is 2. The smallest absolute Gasteiger partial charge is 0.279 e. The number of rotatable bonds is 7. The second kappa shape index (κ2) is 9.40. The highest BCUT2D eigenvalue weighted by Gasteiger charge is 2.10. The van der Waals surface area contributed by atoms with Crippen LogP contribution in [0.5, 0.6) is 16.7 Å². The molecule has 0 N–H and O–H groups in total. The van der Waals surface area contributed by atoms with Crippen molar-refractivity contribution in [1.82, 2.24) is 4.98 Å². The average Bonchev–Trinajstić information content (AvgIpc) is 3.00. The minimum absolute atomic E-state index is 0.0380. The number of carbonyl (C=O) groups excluding carboxylic acids is 1. The molecule has 5 heteroatoms. The number of carbonyl (C=O) groups is 1.